The molecule has 1 fully saturated rings. The fourth-order valence-corrected chi connectivity index (χ4v) is 6.29. The summed E-state index contributed by atoms with van der Waals surface area (Å²) >= 11 is 0. The van der Waals surface area contributed by atoms with Crippen molar-refractivity contribution in [2.24, 2.45) is 0 Å². The van der Waals surface area contributed by atoms with Gasteiger partial charge in [-0.25, -0.2) is 19.3 Å². The van der Waals surface area contributed by atoms with Crippen LogP contribution in [-0.2, 0) is 52.7 Å². The number of hydrogen-bond donors (Lipinski definition) is 5. The van der Waals surface area contributed by atoms with E-state index in [1.165, 1.54) is 18.2 Å². The first-order valence-corrected chi connectivity index (χ1v) is 18.9. The summed E-state index contributed by atoms with van der Waals surface area (Å²) in [5, 5.41) is 14.7. The highest BCUT2D eigenvalue weighted by Crippen LogP contribution is 2.39. The number of phosphoric acid groups is 1. The lowest BCUT2D eigenvalue weighted by Gasteiger charge is -2.14. The number of hydroxylamine groups is 2. The van der Waals surface area contributed by atoms with Gasteiger partial charge in [-0.3, -0.25) is 24.2 Å². The molecule has 284 valence electrons. The monoisotopic (exact) mass is 754 g/mol. The van der Waals surface area contributed by atoms with Gasteiger partial charge < -0.3 is 34.8 Å². The quantitative estimate of drug-likeness (QED) is 0.0522. The number of nitrogen functional groups attached to an aromatic ring is 1. The number of unbranched alkanes of at least 4 members (excludes halogenated alkanes) is 1. The summed E-state index contributed by atoms with van der Waals surface area (Å²) in [6, 6.07) is 9.89. The van der Waals surface area contributed by atoms with Gasteiger partial charge in [0.05, 0.1) is 24.0 Å². The summed E-state index contributed by atoms with van der Waals surface area (Å²) in [6.07, 6.45) is 3.97. The van der Waals surface area contributed by atoms with Gasteiger partial charge in [0.1, 0.15) is 22.8 Å². The number of aromatic nitrogens is 3. The van der Waals surface area contributed by atoms with Crippen molar-refractivity contribution >= 4 is 59.3 Å². The first-order chi connectivity index (χ1) is 25.3. The second-order valence-corrected chi connectivity index (χ2v) is 13.8. The lowest BCUT2D eigenvalue weighted by Crippen LogP contribution is -2.32. The zero-order valence-corrected chi connectivity index (χ0v) is 30.2. The lowest BCUT2D eigenvalue weighted by molar-refractivity contribution is -0.197. The smallest absolute Gasteiger partial charge is 0.508 e. The van der Waals surface area contributed by atoms with Crippen LogP contribution in [-0.4, -0.2) is 77.9 Å². The summed E-state index contributed by atoms with van der Waals surface area (Å²) in [5.41, 5.74) is 9.71. The molecule has 17 nitrogen and oxygen atoms in total. The molecule has 3 heterocycles. The number of imidazole rings is 1. The van der Waals surface area contributed by atoms with Crippen molar-refractivity contribution in [1.29, 1.82) is 0 Å². The molecule has 0 atom stereocenters. The molecular formula is C35H43N6O11P. The van der Waals surface area contributed by atoms with Gasteiger partial charge in [-0.05, 0) is 61.6 Å². The Morgan fingerprint density at radius 3 is 2.47 bits per heavy atom. The maximum atomic E-state index is 12.1. The highest BCUT2D eigenvalue weighted by Gasteiger charge is 2.32. The number of carbonyl (C=O) groups excluding carboxylic acids is 4. The number of nitrogens with two attached hydrogens (primary N) is 1. The van der Waals surface area contributed by atoms with Crippen molar-refractivity contribution in [2.45, 2.75) is 77.7 Å². The van der Waals surface area contributed by atoms with Crippen LogP contribution in [0.25, 0.3) is 21.9 Å². The SMILES string of the molecule is CCCCc1nc2c(N)nc3ccc(CCCOCCCNC(=O)CCC(=O)ON4C(=O)CCC4=O)cc3c2n1Cc1cc(OP(=O)(O)O)ccc1O. The molecule has 53 heavy (non-hydrogen) atoms. The van der Waals surface area contributed by atoms with Crippen LogP contribution in [0.2, 0.25) is 0 Å². The Morgan fingerprint density at radius 1 is 0.981 bits per heavy atom. The molecule has 1 saturated heterocycles. The zero-order chi connectivity index (χ0) is 38.1. The molecule has 2 aromatic heterocycles. The third-order valence-electron chi connectivity index (χ3n) is 8.50. The van der Waals surface area contributed by atoms with E-state index in [0.717, 1.165) is 41.6 Å². The molecule has 2 aromatic carbocycles. The highest BCUT2D eigenvalue weighted by molar-refractivity contribution is 7.46. The minimum Gasteiger partial charge on any atom is -0.508 e. The average Bonchev–Trinajstić information content (AvgIpc) is 3.63. The number of ether oxygens (including phenoxy) is 1. The Morgan fingerprint density at radius 2 is 1.74 bits per heavy atom. The second-order valence-electron chi connectivity index (χ2n) is 12.6. The van der Waals surface area contributed by atoms with Crippen LogP contribution in [0.15, 0.2) is 36.4 Å². The van der Waals surface area contributed by atoms with Crippen molar-refractivity contribution in [2.75, 3.05) is 25.5 Å². The number of nitrogens with zero attached hydrogens (tertiary/aromatic N) is 4. The standard InChI is InChI=1S/C35H43N6O11P/c1-2-3-7-28-39-33-34(40(28)21-23-20-24(9-11-27(23)42)52-53(47,48)49)25-19-22(8-10-26(25)38-35(33)36)6-4-17-50-18-5-16-37-29(43)12-15-32(46)51-41-30(44)13-14-31(41)45/h8-11,19-20,42H,2-7,12-18,21H2,1H3,(H2,36,38)(H,37,43)(H2,47,48,49). The van der Waals surface area contributed by atoms with E-state index < -0.39 is 25.6 Å². The second kappa shape index (κ2) is 17.6. The number of benzene rings is 2. The summed E-state index contributed by atoms with van der Waals surface area (Å²) in [7, 11) is -4.81. The van der Waals surface area contributed by atoms with Gasteiger partial charge in [0.2, 0.25) is 5.91 Å². The summed E-state index contributed by atoms with van der Waals surface area (Å²) < 4.78 is 24.0. The summed E-state index contributed by atoms with van der Waals surface area (Å²) in [5.74, 6) is -1.50. The molecule has 3 amide bonds. The minimum absolute atomic E-state index is 0.00122. The fourth-order valence-electron chi connectivity index (χ4n) is 5.90. The molecule has 0 aliphatic carbocycles. The number of carbonyl (C=O) groups is 4. The zero-order valence-electron chi connectivity index (χ0n) is 29.3. The Bertz CT molecular complexity index is 2030. The number of rotatable bonds is 19. The van der Waals surface area contributed by atoms with Crippen molar-refractivity contribution in [3.63, 3.8) is 0 Å². The van der Waals surface area contributed by atoms with E-state index in [1.807, 2.05) is 22.8 Å². The Kier molecular flexibility index (Phi) is 13.0. The van der Waals surface area contributed by atoms with E-state index >= 15 is 0 Å². The number of hydrogen-bond acceptors (Lipinski definition) is 12. The number of phosphoric ester groups is 1. The van der Waals surface area contributed by atoms with Crippen LogP contribution in [0, 0.1) is 0 Å². The maximum Gasteiger partial charge on any atom is 0.524 e. The van der Waals surface area contributed by atoms with Crippen LogP contribution in [0.5, 0.6) is 11.5 Å². The number of nitrogens with one attached hydrogen (secondary N) is 1. The van der Waals surface area contributed by atoms with Gasteiger partial charge in [0, 0.05) is 56.4 Å². The Hall–Kier alpha value is -5.09. The molecule has 1 aliphatic heterocycles. The van der Waals surface area contributed by atoms with E-state index in [9.17, 15) is 38.6 Å². The van der Waals surface area contributed by atoms with Crippen LogP contribution < -0.4 is 15.6 Å². The molecular weight excluding hydrogens is 711 g/mol. The Balaban J connectivity index is 1.16. The van der Waals surface area contributed by atoms with Crippen LogP contribution >= 0.6 is 7.82 Å². The first-order valence-electron chi connectivity index (χ1n) is 17.4. The fraction of sp³-hybridized carbons (Fsp3) is 0.429. The van der Waals surface area contributed by atoms with Gasteiger partial charge in [-0.1, -0.05) is 19.4 Å². The number of phenolic OH excluding ortho intramolecular Hbond substituents is 1. The van der Waals surface area contributed by atoms with Gasteiger partial charge in [-0.2, -0.15) is 0 Å². The minimum atomic E-state index is -4.81. The molecule has 0 saturated carbocycles. The number of pyridine rings is 1. The predicted octanol–water partition coefficient (Wildman–Crippen LogP) is 3.58. The number of imide groups is 1. The molecule has 18 heteroatoms. The van der Waals surface area contributed by atoms with E-state index in [0.29, 0.717) is 60.7 Å². The molecule has 6 N–H and O–H groups in total. The summed E-state index contributed by atoms with van der Waals surface area (Å²) in [4.78, 5) is 79.8. The van der Waals surface area contributed by atoms with Crippen LogP contribution in [0.1, 0.15) is 75.2 Å². The number of fused-ring (bicyclic) bond motifs is 3. The van der Waals surface area contributed by atoms with Crippen molar-refractivity contribution < 1.29 is 52.7 Å². The molecule has 0 bridgehead atoms. The molecule has 0 spiro atoms. The van der Waals surface area contributed by atoms with Crippen molar-refractivity contribution in [1.82, 2.24) is 24.9 Å². The molecule has 0 unspecified atom stereocenters. The molecule has 4 aromatic rings. The van der Waals surface area contributed by atoms with Crippen LogP contribution in [0.3, 0.4) is 0 Å². The normalized spacial score (nSPS) is 13.3. The Labute approximate surface area is 304 Å². The predicted molar refractivity (Wildman–Crippen MR) is 191 cm³/mol. The van der Waals surface area contributed by atoms with Gasteiger partial charge in [-0.15, -0.1) is 5.06 Å². The number of phenols is 1. The maximum absolute atomic E-state index is 12.1. The van der Waals surface area contributed by atoms with Crippen molar-refractivity contribution in [3.8, 4) is 11.5 Å². The largest absolute Gasteiger partial charge is 0.524 e. The number of anilines is 1. The van der Waals surface area contributed by atoms with Crippen LogP contribution in [0.4, 0.5) is 5.82 Å². The number of aromatic hydroxyl groups is 1. The molecule has 5 rings (SSSR count). The molecule has 0 radical (unpaired) electrons. The van der Waals surface area contributed by atoms with E-state index in [-0.39, 0.29) is 55.5 Å². The number of aryl methyl sites for hydroxylation is 2. The first kappa shape index (κ1) is 39.1. The molecule has 1 aliphatic rings. The van der Waals surface area contributed by atoms with Gasteiger partial charge in [0.15, 0.2) is 5.82 Å². The average molecular weight is 755 g/mol. The van der Waals surface area contributed by atoms with E-state index in [1.54, 1.807) is 0 Å². The lowest BCUT2D eigenvalue weighted by atomic mass is 10.1. The van der Waals surface area contributed by atoms with E-state index in [4.69, 9.17) is 24.8 Å². The van der Waals surface area contributed by atoms with Gasteiger partial charge >= 0.3 is 13.8 Å². The summed E-state index contributed by atoms with van der Waals surface area (Å²) in [6.45, 7) is 3.44. The van der Waals surface area contributed by atoms with Crippen molar-refractivity contribution in [3.05, 3.63) is 53.3 Å². The highest BCUT2D eigenvalue weighted by atomic mass is 31.2. The third-order valence-corrected chi connectivity index (χ3v) is 8.95. The number of amides is 3. The third kappa shape index (κ3) is 10.5. The topological polar surface area (TPSA) is 246 Å². The van der Waals surface area contributed by atoms with Gasteiger partial charge in [0.25, 0.3) is 11.8 Å². The van der Waals surface area contributed by atoms with E-state index in [2.05, 4.69) is 17.2 Å².